The van der Waals surface area contributed by atoms with E-state index >= 15 is 0 Å². The predicted octanol–water partition coefficient (Wildman–Crippen LogP) is -8.37. The summed E-state index contributed by atoms with van der Waals surface area (Å²) in [6.07, 6.45) is -4.07. The Kier molecular flexibility index (Phi) is 29.1. The Labute approximate surface area is 400 Å². The Morgan fingerprint density at radius 3 is 1.83 bits per heavy atom. The molecule has 0 saturated heterocycles. The van der Waals surface area contributed by atoms with Crippen molar-refractivity contribution >= 4 is 65.9 Å². The molecule has 69 heavy (non-hydrogen) atoms. The van der Waals surface area contributed by atoms with Crippen molar-refractivity contribution in [3.05, 3.63) is 0 Å². The molecule has 0 bridgehead atoms. The van der Waals surface area contributed by atoms with Crippen LogP contribution in [-0.4, -0.2) is 186 Å². The summed E-state index contributed by atoms with van der Waals surface area (Å²) in [5.41, 5.74) is 19.8. The van der Waals surface area contributed by atoms with Crippen LogP contribution in [0.15, 0.2) is 4.99 Å². The van der Waals surface area contributed by atoms with E-state index in [-0.39, 0.29) is 50.4 Å². The summed E-state index contributed by atoms with van der Waals surface area (Å²) in [5.74, 6) is -9.18. The predicted molar refractivity (Wildman–Crippen MR) is 248 cm³/mol. The molecule has 0 unspecified atom stereocenters. The van der Waals surface area contributed by atoms with Gasteiger partial charge in [-0.25, -0.2) is 0 Å². The Balaban J connectivity index is 6.60. The van der Waals surface area contributed by atoms with E-state index in [0.29, 0.717) is 6.42 Å². The lowest BCUT2D eigenvalue weighted by molar-refractivity contribution is -0.137. The molecule has 0 aromatic rings. The molecule has 0 fully saturated rings. The molecular weight excluding hydrogens is 913 g/mol. The number of nitrogens with one attached hydrogen (secondary N) is 9. The number of carbonyl (C=O) groups excluding carboxylic acids is 10. The van der Waals surface area contributed by atoms with Crippen molar-refractivity contribution in [2.24, 2.45) is 45.7 Å². The van der Waals surface area contributed by atoms with Gasteiger partial charge in [0.2, 0.25) is 53.7 Å². The zero-order valence-electron chi connectivity index (χ0n) is 40.3. The lowest BCUT2D eigenvalue weighted by atomic mass is 9.91. The van der Waals surface area contributed by atoms with Gasteiger partial charge in [-0.15, -0.1) is 0 Å². The molecular formula is C41H76N14O14. The van der Waals surface area contributed by atoms with Gasteiger partial charge in [0, 0.05) is 19.6 Å². The number of primary amides is 1. The molecule has 0 saturated carbocycles. The summed E-state index contributed by atoms with van der Waals surface area (Å²) in [5, 5.41) is 62.4. The molecule has 0 spiro atoms. The summed E-state index contributed by atoms with van der Waals surface area (Å²) in [6, 6.07) is -8.74. The monoisotopic (exact) mass is 989 g/mol. The number of aliphatic hydroxyl groups is 4. The number of aliphatic hydroxyl groups excluding tert-OH is 4. The van der Waals surface area contributed by atoms with E-state index in [4.69, 9.17) is 22.9 Å². The Bertz CT molecular complexity index is 1750. The maximum atomic E-state index is 14.2. The van der Waals surface area contributed by atoms with Crippen molar-refractivity contribution in [1.82, 2.24) is 47.9 Å². The number of hydrogen-bond acceptors (Lipinski definition) is 17. The van der Waals surface area contributed by atoms with Crippen molar-refractivity contribution in [1.29, 1.82) is 0 Å². The van der Waals surface area contributed by atoms with Crippen LogP contribution in [0.1, 0.15) is 74.1 Å². The third-order valence-corrected chi connectivity index (χ3v) is 10.8. The molecule has 0 rings (SSSR count). The molecule has 0 aromatic carbocycles. The van der Waals surface area contributed by atoms with Crippen molar-refractivity contribution in [3.8, 4) is 0 Å². The minimum absolute atomic E-state index is 0.00828. The third kappa shape index (κ3) is 22.7. The van der Waals surface area contributed by atoms with E-state index in [1.165, 1.54) is 6.92 Å². The van der Waals surface area contributed by atoms with E-state index in [2.05, 4.69) is 52.8 Å². The number of rotatable bonds is 35. The molecule has 394 valence electrons. The first-order valence-corrected chi connectivity index (χ1v) is 22.4. The molecule has 0 aliphatic heterocycles. The zero-order valence-corrected chi connectivity index (χ0v) is 40.3. The van der Waals surface area contributed by atoms with Crippen molar-refractivity contribution in [3.63, 3.8) is 0 Å². The van der Waals surface area contributed by atoms with Gasteiger partial charge in [0.1, 0.15) is 54.2 Å². The number of amides is 9. The van der Waals surface area contributed by atoms with E-state index in [9.17, 15) is 68.4 Å². The molecule has 21 N–H and O–H groups in total. The minimum atomic E-state index is -2.06. The van der Waals surface area contributed by atoms with E-state index in [1.807, 2.05) is 0 Å². The van der Waals surface area contributed by atoms with E-state index < -0.39 is 152 Å². The Morgan fingerprint density at radius 2 is 1.32 bits per heavy atom. The van der Waals surface area contributed by atoms with Crippen LogP contribution >= 0.6 is 0 Å². The molecule has 0 radical (unpaired) electrons. The average Bonchev–Trinajstić information content (AvgIpc) is 3.28. The second-order valence-electron chi connectivity index (χ2n) is 17.3. The topological polar surface area (TPSA) is 476 Å². The highest BCUT2D eigenvalue weighted by atomic mass is 16.3. The molecule has 0 aliphatic rings. The number of carbonyl (C=O) groups is 10. The number of aldehydes is 1. The van der Waals surface area contributed by atoms with Gasteiger partial charge in [-0.05, 0) is 43.9 Å². The van der Waals surface area contributed by atoms with Gasteiger partial charge < -0.3 is 96.0 Å². The Morgan fingerprint density at radius 1 is 0.725 bits per heavy atom. The zero-order chi connectivity index (χ0) is 53.2. The average molecular weight is 989 g/mol. The van der Waals surface area contributed by atoms with Gasteiger partial charge in [-0.2, -0.15) is 0 Å². The molecule has 28 heteroatoms. The van der Waals surface area contributed by atoms with Crippen LogP contribution in [0, 0.1) is 17.8 Å². The minimum Gasteiger partial charge on any atom is -0.394 e. The van der Waals surface area contributed by atoms with Gasteiger partial charge in [0.05, 0.1) is 31.9 Å². The standard InChI is InChI=1S/C41H76N14O14/c1-8-22(6)30(39(69)55-41(18-57,23(7)59)17-46-15-29(61)48-14-28(60)33(43)63)53-36(66)25(10-9-11-47-40(44)45)51-37(67)26(12-20(2)3)52-38(68)31(32(62)21(4)5)54-34(64)24(42)13-49-35(65)27(16-56)50-19-58/h18-28,30-32,46,56,59-60,62H,8-17,42H2,1-7H3,(H2,43,63)(H,48,61)(H,49,65)(H,50,58)(H,51,67)(H,52,68)(H,53,66)(H,54,64)(H,55,69)(H4,44,45,47)/t22-,23-,24-,25+,26-,27-,28-,30-,31-,32+,41-/m0/s1. The normalized spacial score (nSPS) is 16.4. The van der Waals surface area contributed by atoms with Crippen LogP contribution in [0.2, 0.25) is 0 Å². The van der Waals surface area contributed by atoms with Crippen LogP contribution in [0.4, 0.5) is 0 Å². The van der Waals surface area contributed by atoms with Gasteiger partial charge >= 0.3 is 0 Å². The number of hydrogen-bond donors (Lipinski definition) is 17. The highest BCUT2D eigenvalue weighted by molar-refractivity contribution is 5.97. The summed E-state index contributed by atoms with van der Waals surface area (Å²) in [6.45, 7) is 8.34. The number of nitrogens with two attached hydrogens (primary N) is 4. The quantitative estimate of drug-likeness (QED) is 0.0121. The Hall–Kier alpha value is -6.07. The molecule has 0 aromatic heterocycles. The van der Waals surface area contributed by atoms with E-state index in [0.717, 1.165) is 0 Å². The molecule has 11 atom stereocenters. The first-order valence-electron chi connectivity index (χ1n) is 22.4. The van der Waals surface area contributed by atoms with Crippen LogP contribution in [0.25, 0.3) is 0 Å². The van der Waals surface area contributed by atoms with Gasteiger partial charge in [0.25, 0.3) is 0 Å². The third-order valence-electron chi connectivity index (χ3n) is 10.8. The smallest absolute Gasteiger partial charge is 0.248 e. The summed E-state index contributed by atoms with van der Waals surface area (Å²) in [7, 11) is 0. The van der Waals surface area contributed by atoms with Crippen molar-refractivity contribution in [2.75, 3.05) is 39.3 Å². The van der Waals surface area contributed by atoms with E-state index in [1.54, 1.807) is 41.5 Å². The second kappa shape index (κ2) is 31.9. The fraction of sp³-hybridized carbons (Fsp3) is 0.732. The number of nitrogens with zero attached hydrogens (tertiary/aromatic N) is 1. The van der Waals surface area contributed by atoms with Gasteiger partial charge in [-0.1, -0.05) is 48.0 Å². The first-order chi connectivity index (χ1) is 32.2. The lowest BCUT2D eigenvalue weighted by Crippen LogP contribution is -2.67. The fourth-order valence-electron chi connectivity index (χ4n) is 6.17. The second-order valence-corrected chi connectivity index (χ2v) is 17.3. The SMILES string of the molecule is CC[C@H](C)[C@H](NC(=O)[C@@H](CCCN=C(N)N)NC(=O)[C@H](CC(C)C)NC(=O)[C@@H](NC(=O)[C@@H](N)CNC(=O)[C@H](CO)NC=O)[C@H](O)C(C)C)C(=O)N[C@](C=O)(CNCC(=O)NC[C@H](O)C(N)=O)[C@H](C)O. The number of aliphatic imine (C=N–C) groups is 1. The van der Waals surface area contributed by atoms with Crippen molar-refractivity contribution < 1.29 is 68.4 Å². The first kappa shape index (κ1) is 62.9. The van der Waals surface area contributed by atoms with Crippen LogP contribution < -0.4 is 70.8 Å². The highest BCUT2D eigenvalue weighted by Crippen LogP contribution is 2.15. The van der Waals surface area contributed by atoms with Crippen LogP contribution in [0.3, 0.4) is 0 Å². The summed E-state index contributed by atoms with van der Waals surface area (Å²) >= 11 is 0. The molecule has 9 amide bonds. The molecule has 0 aliphatic carbocycles. The highest BCUT2D eigenvalue weighted by Gasteiger charge is 2.41. The van der Waals surface area contributed by atoms with Crippen LogP contribution in [0.5, 0.6) is 0 Å². The van der Waals surface area contributed by atoms with Crippen LogP contribution in [-0.2, 0) is 47.9 Å². The fourth-order valence-corrected chi connectivity index (χ4v) is 6.17. The van der Waals surface area contributed by atoms with Gasteiger partial charge in [-0.3, -0.25) is 48.1 Å². The summed E-state index contributed by atoms with van der Waals surface area (Å²) < 4.78 is 0. The molecule has 0 heterocycles. The largest absolute Gasteiger partial charge is 0.394 e. The number of guanidine groups is 1. The summed E-state index contributed by atoms with van der Waals surface area (Å²) in [4.78, 5) is 132. The lowest BCUT2D eigenvalue weighted by Gasteiger charge is -2.35. The maximum absolute atomic E-state index is 14.2. The van der Waals surface area contributed by atoms with Gasteiger partial charge in [0.15, 0.2) is 5.96 Å². The maximum Gasteiger partial charge on any atom is 0.248 e. The van der Waals surface area contributed by atoms with Crippen molar-refractivity contribution in [2.45, 2.75) is 134 Å². The molecule has 28 nitrogen and oxygen atoms in total.